The number of nitrogens with zero attached hydrogens (tertiary/aromatic N) is 1. The minimum absolute atomic E-state index is 0.216. The van der Waals surface area contributed by atoms with Crippen LogP contribution in [0.1, 0.15) is 28.4 Å². The van der Waals surface area contributed by atoms with Crippen molar-refractivity contribution in [2.75, 3.05) is 7.05 Å². The maximum atomic E-state index is 13.1. The second-order valence-electron chi connectivity index (χ2n) is 4.54. The number of hydrogen-bond donors (Lipinski definition) is 1. The van der Waals surface area contributed by atoms with Gasteiger partial charge in [-0.05, 0) is 43.3 Å². The zero-order valence-corrected chi connectivity index (χ0v) is 11.2. The molecule has 0 aliphatic carbocycles. The highest BCUT2D eigenvalue weighted by molar-refractivity contribution is 5.38. The summed E-state index contributed by atoms with van der Waals surface area (Å²) in [5.41, 5.74) is 1.13. The molecule has 2 aromatic rings. The predicted molar refractivity (Wildman–Crippen MR) is 71.3 cm³/mol. The van der Waals surface area contributed by atoms with Crippen LogP contribution in [0.4, 0.5) is 13.2 Å². The highest BCUT2D eigenvalue weighted by Gasteiger charge is 2.34. The first-order chi connectivity index (χ1) is 9.43. The molecule has 5 heteroatoms. The molecule has 0 fully saturated rings. The van der Waals surface area contributed by atoms with Gasteiger partial charge in [-0.3, -0.25) is 4.98 Å². The first-order valence-corrected chi connectivity index (χ1v) is 6.19. The number of benzene rings is 1. The SMILES string of the molecule is CNC(c1ccnc(C)c1)c1ccccc1C(F)(F)F. The molecule has 1 heterocycles. The average Bonchev–Trinajstić information content (AvgIpc) is 2.39. The van der Waals surface area contributed by atoms with E-state index in [1.165, 1.54) is 12.1 Å². The summed E-state index contributed by atoms with van der Waals surface area (Å²) in [7, 11) is 1.65. The summed E-state index contributed by atoms with van der Waals surface area (Å²) in [6.45, 7) is 1.81. The lowest BCUT2D eigenvalue weighted by atomic mass is 9.94. The third-order valence-corrected chi connectivity index (χ3v) is 3.12. The lowest BCUT2D eigenvalue weighted by Gasteiger charge is -2.22. The van der Waals surface area contributed by atoms with Crippen LogP contribution >= 0.6 is 0 Å². The molecule has 106 valence electrons. The van der Waals surface area contributed by atoms with Gasteiger partial charge in [-0.15, -0.1) is 0 Å². The molecule has 1 aromatic heterocycles. The molecule has 0 saturated carbocycles. The zero-order chi connectivity index (χ0) is 14.8. The van der Waals surface area contributed by atoms with E-state index in [0.29, 0.717) is 0 Å². The van der Waals surface area contributed by atoms with Crippen molar-refractivity contribution in [2.45, 2.75) is 19.1 Å². The third kappa shape index (κ3) is 2.99. The van der Waals surface area contributed by atoms with E-state index in [1.54, 1.807) is 31.4 Å². The fourth-order valence-electron chi connectivity index (χ4n) is 2.26. The molecule has 0 spiro atoms. The van der Waals surface area contributed by atoms with Crippen LogP contribution in [0, 0.1) is 6.92 Å². The van der Waals surface area contributed by atoms with Gasteiger partial charge in [0.15, 0.2) is 0 Å². The number of rotatable bonds is 3. The Balaban J connectivity index is 2.53. The number of nitrogens with one attached hydrogen (secondary N) is 1. The third-order valence-electron chi connectivity index (χ3n) is 3.12. The molecule has 0 aliphatic heterocycles. The molecule has 0 saturated heterocycles. The van der Waals surface area contributed by atoms with Crippen molar-refractivity contribution >= 4 is 0 Å². The molecule has 1 N–H and O–H groups in total. The summed E-state index contributed by atoms with van der Waals surface area (Å²) < 4.78 is 39.3. The molecule has 0 aliphatic rings. The Hall–Kier alpha value is -1.88. The van der Waals surface area contributed by atoms with Crippen LogP contribution in [0.5, 0.6) is 0 Å². The van der Waals surface area contributed by atoms with Crippen LogP contribution < -0.4 is 5.32 Å². The smallest absolute Gasteiger partial charge is 0.309 e. The van der Waals surface area contributed by atoms with Gasteiger partial charge in [0.1, 0.15) is 0 Å². The summed E-state index contributed by atoms with van der Waals surface area (Å²) in [4.78, 5) is 4.07. The van der Waals surface area contributed by atoms with E-state index < -0.39 is 17.8 Å². The van der Waals surface area contributed by atoms with E-state index in [1.807, 2.05) is 6.92 Å². The molecular formula is C15H15F3N2. The highest BCUT2D eigenvalue weighted by Crippen LogP contribution is 2.36. The number of pyridine rings is 1. The first-order valence-electron chi connectivity index (χ1n) is 6.19. The fraction of sp³-hybridized carbons (Fsp3) is 0.267. The van der Waals surface area contributed by atoms with Gasteiger partial charge in [0.25, 0.3) is 0 Å². The van der Waals surface area contributed by atoms with Gasteiger partial charge in [0.2, 0.25) is 0 Å². The predicted octanol–water partition coefficient (Wildman–Crippen LogP) is 3.72. The van der Waals surface area contributed by atoms with Gasteiger partial charge < -0.3 is 5.32 Å². The minimum Gasteiger partial charge on any atom is -0.309 e. The normalized spacial score (nSPS) is 13.2. The summed E-state index contributed by atoms with van der Waals surface area (Å²) in [5, 5.41) is 2.95. The lowest BCUT2D eigenvalue weighted by Crippen LogP contribution is -2.22. The Bertz CT molecular complexity index is 594. The standard InChI is InChI=1S/C15H15F3N2/c1-10-9-11(7-8-20-10)14(19-2)12-5-3-4-6-13(12)15(16,17)18/h3-9,14,19H,1-2H3. The van der Waals surface area contributed by atoms with Gasteiger partial charge in [0.05, 0.1) is 11.6 Å². The van der Waals surface area contributed by atoms with E-state index in [4.69, 9.17) is 0 Å². The van der Waals surface area contributed by atoms with Gasteiger partial charge in [-0.25, -0.2) is 0 Å². The van der Waals surface area contributed by atoms with Gasteiger partial charge in [-0.1, -0.05) is 18.2 Å². The summed E-state index contributed by atoms with van der Waals surface area (Å²) in [5.74, 6) is 0. The average molecular weight is 280 g/mol. The van der Waals surface area contributed by atoms with Crippen LogP contribution in [-0.4, -0.2) is 12.0 Å². The second kappa shape index (κ2) is 5.63. The van der Waals surface area contributed by atoms with Crippen LogP contribution in [0.3, 0.4) is 0 Å². The Morgan fingerprint density at radius 3 is 2.45 bits per heavy atom. The van der Waals surface area contributed by atoms with Gasteiger partial charge in [-0.2, -0.15) is 13.2 Å². The largest absolute Gasteiger partial charge is 0.416 e. The van der Waals surface area contributed by atoms with E-state index in [0.717, 1.165) is 17.3 Å². The lowest BCUT2D eigenvalue weighted by molar-refractivity contribution is -0.138. The summed E-state index contributed by atoms with van der Waals surface area (Å²) in [6, 6.07) is 8.61. The van der Waals surface area contributed by atoms with Crippen molar-refractivity contribution in [2.24, 2.45) is 0 Å². The van der Waals surface area contributed by atoms with Crippen molar-refractivity contribution in [3.63, 3.8) is 0 Å². The molecule has 2 rings (SSSR count). The van der Waals surface area contributed by atoms with Crippen molar-refractivity contribution in [1.29, 1.82) is 0 Å². The Kier molecular flexibility index (Phi) is 4.09. The molecule has 1 atom stereocenters. The summed E-state index contributed by atoms with van der Waals surface area (Å²) >= 11 is 0. The molecule has 0 amide bonds. The Morgan fingerprint density at radius 1 is 1.15 bits per heavy atom. The zero-order valence-electron chi connectivity index (χ0n) is 11.2. The fourth-order valence-corrected chi connectivity index (χ4v) is 2.26. The maximum absolute atomic E-state index is 13.1. The molecule has 20 heavy (non-hydrogen) atoms. The van der Waals surface area contributed by atoms with E-state index >= 15 is 0 Å². The van der Waals surface area contributed by atoms with Crippen molar-refractivity contribution in [3.05, 3.63) is 65.0 Å². The number of aryl methyl sites for hydroxylation is 1. The van der Waals surface area contributed by atoms with E-state index in [9.17, 15) is 13.2 Å². The number of alkyl halides is 3. The monoisotopic (exact) mass is 280 g/mol. The molecular weight excluding hydrogens is 265 g/mol. The van der Waals surface area contributed by atoms with Crippen molar-refractivity contribution in [3.8, 4) is 0 Å². The van der Waals surface area contributed by atoms with Gasteiger partial charge >= 0.3 is 6.18 Å². The number of halogens is 3. The first kappa shape index (κ1) is 14.5. The Morgan fingerprint density at radius 2 is 1.85 bits per heavy atom. The highest BCUT2D eigenvalue weighted by atomic mass is 19.4. The number of hydrogen-bond acceptors (Lipinski definition) is 2. The van der Waals surface area contributed by atoms with Crippen LogP contribution in [-0.2, 0) is 6.18 Å². The van der Waals surface area contributed by atoms with Crippen LogP contribution in [0.15, 0.2) is 42.6 Å². The molecule has 2 nitrogen and oxygen atoms in total. The quantitative estimate of drug-likeness (QED) is 0.927. The molecule has 0 bridgehead atoms. The molecule has 0 radical (unpaired) electrons. The van der Waals surface area contributed by atoms with Crippen molar-refractivity contribution < 1.29 is 13.2 Å². The Labute approximate surface area is 115 Å². The molecule has 1 unspecified atom stereocenters. The molecule has 1 aromatic carbocycles. The topological polar surface area (TPSA) is 24.9 Å². The van der Waals surface area contributed by atoms with E-state index in [2.05, 4.69) is 10.3 Å². The van der Waals surface area contributed by atoms with Gasteiger partial charge in [0, 0.05) is 11.9 Å². The van der Waals surface area contributed by atoms with Crippen molar-refractivity contribution in [1.82, 2.24) is 10.3 Å². The minimum atomic E-state index is -4.37. The number of aromatic nitrogens is 1. The maximum Gasteiger partial charge on any atom is 0.416 e. The summed E-state index contributed by atoms with van der Waals surface area (Å²) in [6.07, 6.45) is -2.76. The van der Waals surface area contributed by atoms with E-state index in [-0.39, 0.29) is 5.56 Å². The van der Waals surface area contributed by atoms with Crippen LogP contribution in [0.25, 0.3) is 0 Å². The second-order valence-corrected chi connectivity index (χ2v) is 4.54. The van der Waals surface area contributed by atoms with Crippen LogP contribution in [0.2, 0.25) is 0 Å².